The minimum atomic E-state index is -0.0571. The minimum absolute atomic E-state index is 0.0571. The van der Waals surface area contributed by atoms with E-state index in [0.29, 0.717) is 6.54 Å². The molecule has 2 aromatic rings. The van der Waals surface area contributed by atoms with Crippen molar-refractivity contribution >= 4 is 11.5 Å². The zero-order valence-electron chi connectivity index (χ0n) is 11.2. The molecule has 1 N–H and O–H groups in total. The summed E-state index contributed by atoms with van der Waals surface area (Å²) in [6.45, 7) is 4.81. The third-order valence-corrected chi connectivity index (χ3v) is 3.94. The molecule has 2 aromatic carbocycles. The fourth-order valence-corrected chi connectivity index (χ4v) is 2.61. The zero-order valence-corrected chi connectivity index (χ0v) is 11.2. The van der Waals surface area contributed by atoms with Crippen LogP contribution >= 0.6 is 0 Å². The van der Waals surface area contributed by atoms with Gasteiger partial charge in [-0.15, -0.1) is 0 Å². The molecular formula is C17H17NO. The molecule has 0 radical (unpaired) electrons. The summed E-state index contributed by atoms with van der Waals surface area (Å²) in [6.07, 6.45) is 0. The third kappa shape index (κ3) is 2.03. The Balaban J connectivity index is 1.95. The molecule has 0 aliphatic carbocycles. The first-order chi connectivity index (χ1) is 9.16. The molecular weight excluding hydrogens is 234 g/mol. The van der Waals surface area contributed by atoms with Crippen molar-refractivity contribution in [1.29, 1.82) is 0 Å². The number of ketones is 1. The molecule has 1 aliphatic heterocycles. The van der Waals surface area contributed by atoms with Crippen molar-refractivity contribution in [3.8, 4) is 0 Å². The molecule has 1 aliphatic rings. The monoisotopic (exact) mass is 251 g/mol. The first kappa shape index (κ1) is 12.0. The van der Waals surface area contributed by atoms with Crippen molar-refractivity contribution in [3.63, 3.8) is 0 Å². The largest absolute Gasteiger partial charge is 0.384 e. The maximum Gasteiger partial charge on any atom is 0.172 e. The number of aryl methyl sites for hydroxylation is 2. The van der Waals surface area contributed by atoms with Gasteiger partial charge in [-0.1, -0.05) is 30.3 Å². The summed E-state index contributed by atoms with van der Waals surface area (Å²) in [5, 5.41) is 3.31. The molecule has 1 atom stereocenters. The second-order valence-corrected chi connectivity index (χ2v) is 5.18. The van der Waals surface area contributed by atoms with E-state index in [1.54, 1.807) is 0 Å². The van der Waals surface area contributed by atoms with Gasteiger partial charge in [0.05, 0.1) is 5.92 Å². The van der Waals surface area contributed by atoms with Crippen molar-refractivity contribution in [2.45, 2.75) is 19.8 Å². The van der Waals surface area contributed by atoms with Crippen LogP contribution in [0.3, 0.4) is 0 Å². The lowest BCUT2D eigenvalue weighted by Gasteiger charge is -2.10. The van der Waals surface area contributed by atoms with Crippen LogP contribution in [0.1, 0.15) is 33.0 Å². The fourth-order valence-electron chi connectivity index (χ4n) is 2.61. The molecule has 0 saturated carbocycles. The Labute approximate surface area is 113 Å². The van der Waals surface area contributed by atoms with Crippen LogP contribution in [0.5, 0.6) is 0 Å². The molecule has 2 heteroatoms. The zero-order chi connectivity index (χ0) is 13.4. The highest BCUT2D eigenvalue weighted by atomic mass is 16.1. The van der Waals surface area contributed by atoms with Gasteiger partial charge in [0.1, 0.15) is 0 Å². The second kappa shape index (κ2) is 4.54. The quantitative estimate of drug-likeness (QED) is 0.825. The van der Waals surface area contributed by atoms with Gasteiger partial charge in [-0.2, -0.15) is 0 Å². The van der Waals surface area contributed by atoms with Gasteiger partial charge in [-0.25, -0.2) is 0 Å². The van der Waals surface area contributed by atoms with E-state index in [0.717, 1.165) is 16.8 Å². The number of fused-ring (bicyclic) bond motifs is 1. The lowest BCUT2D eigenvalue weighted by atomic mass is 9.91. The summed E-state index contributed by atoms with van der Waals surface area (Å²) >= 11 is 0. The highest BCUT2D eigenvalue weighted by Crippen LogP contribution is 2.33. The van der Waals surface area contributed by atoms with Crippen molar-refractivity contribution in [2.75, 3.05) is 11.9 Å². The van der Waals surface area contributed by atoms with E-state index in [-0.39, 0.29) is 11.7 Å². The molecule has 2 nitrogen and oxygen atoms in total. The summed E-state index contributed by atoms with van der Waals surface area (Å²) in [5.41, 5.74) is 5.41. The van der Waals surface area contributed by atoms with Crippen LogP contribution in [0.2, 0.25) is 0 Å². The number of anilines is 1. The van der Waals surface area contributed by atoms with Gasteiger partial charge in [0.25, 0.3) is 0 Å². The van der Waals surface area contributed by atoms with Gasteiger partial charge in [0.2, 0.25) is 0 Å². The maximum atomic E-state index is 12.6. The van der Waals surface area contributed by atoms with Crippen LogP contribution in [0.15, 0.2) is 42.5 Å². The van der Waals surface area contributed by atoms with Crippen molar-refractivity contribution in [3.05, 3.63) is 64.7 Å². The average molecular weight is 251 g/mol. The van der Waals surface area contributed by atoms with E-state index >= 15 is 0 Å². The highest BCUT2D eigenvalue weighted by molar-refractivity contribution is 6.03. The van der Waals surface area contributed by atoms with Crippen molar-refractivity contribution in [2.24, 2.45) is 0 Å². The van der Waals surface area contributed by atoms with Gasteiger partial charge in [-0.3, -0.25) is 4.79 Å². The number of Topliss-reactive ketones (excluding diaryl/α,β-unsaturated/α-hetero) is 1. The van der Waals surface area contributed by atoms with Gasteiger partial charge >= 0.3 is 0 Å². The molecule has 19 heavy (non-hydrogen) atoms. The van der Waals surface area contributed by atoms with Crippen molar-refractivity contribution in [1.82, 2.24) is 0 Å². The smallest absolute Gasteiger partial charge is 0.172 e. The predicted molar refractivity (Wildman–Crippen MR) is 77.9 cm³/mol. The summed E-state index contributed by atoms with van der Waals surface area (Å²) < 4.78 is 0. The molecule has 0 saturated heterocycles. The molecule has 3 rings (SSSR count). The van der Waals surface area contributed by atoms with Crippen LogP contribution in [0.25, 0.3) is 0 Å². The topological polar surface area (TPSA) is 29.1 Å². The van der Waals surface area contributed by atoms with E-state index in [2.05, 4.69) is 12.2 Å². The number of carbonyl (C=O) groups is 1. The Hall–Kier alpha value is -2.09. The normalized spacial score (nSPS) is 16.8. The Morgan fingerprint density at radius 3 is 2.68 bits per heavy atom. The number of hydrogen-bond donors (Lipinski definition) is 1. The molecule has 0 fully saturated rings. The SMILES string of the molecule is Cc1ccc(C(=O)C2CNc3ccccc32)cc1C. The first-order valence-corrected chi connectivity index (χ1v) is 6.61. The summed E-state index contributed by atoms with van der Waals surface area (Å²) in [7, 11) is 0. The Kier molecular flexibility index (Phi) is 2.86. The molecule has 96 valence electrons. The van der Waals surface area contributed by atoms with Gasteiger partial charge in [0.15, 0.2) is 5.78 Å². The second-order valence-electron chi connectivity index (χ2n) is 5.18. The number of nitrogens with one attached hydrogen (secondary N) is 1. The first-order valence-electron chi connectivity index (χ1n) is 6.61. The van der Waals surface area contributed by atoms with Gasteiger partial charge in [-0.05, 0) is 42.7 Å². The average Bonchev–Trinajstić information content (AvgIpc) is 2.85. The lowest BCUT2D eigenvalue weighted by Crippen LogP contribution is -2.15. The number of hydrogen-bond acceptors (Lipinski definition) is 2. The standard InChI is InChI=1S/C17H17NO/c1-11-7-8-13(9-12(11)2)17(19)15-10-18-16-6-4-3-5-14(15)16/h3-9,15,18H,10H2,1-2H3. The summed E-state index contributed by atoms with van der Waals surface area (Å²) in [5.74, 6) is 0.152. The minimum Gasteiger partial charge on any atom is -0.384 e. The van der Waals surface area contributed by atoms with E-state index in [4.69, 9.17) is 0 Å². The fraction of sp³-hybridized carbons (Fsp3) is 0.235. The van der Waals surface area contributed by atoms with Gasteiger partial charge < -0.3 is 5.32 Å². The third-order valence-electron chi connectivity index (χ3n) is 3.94. The van der Waals surface area contributed by atoms with Crippen LogP contribution in [0, 0.1) is 13.8 Å². The van der Waals surface area contributed by atoms with E-state index in [9.17, 15) is 4.79 Å². The molecule has 0 spiro atoms. The summed E-state index contributed by atoms with van der Waals surface area (Å²) in [4.78, 5) is 12.6. The predicted octanol–water partition coefficient (Wildman–Crippen LogP) is 3.70. The molecule has 0 aromatic heterocycles. The van der Waals surface area contributed by atoms with E-state index in [1.165, 1.54) is 11.1 Å². The number of para-hydroxylation sites is 1. The molecule has 0 bridgehead atoms. The number of rotatable bonds is 2. The Bertz CT molecular complexity index is 645. The molecule has 0 amide bonds. The Morgan fingerprint density at radius 2 is 1.89 bits per heavy atom. The van der Waals surface area contributed by atoms with Gasteiger partial charge in [0, 0.05) is 17.8 Å². The van der Waals surface area contributed by atoms with E-state index < -0.39 is 0 Å². The molecule has 1 heterocycles. The van der Waals surface area contributed by atoms with Crippen LogP contribution in [-0.4, -0.2) is 12.3 Å². The lowest BCUT2D eigenvalue weighted by molar-refractivity contribution is 0.0966. The Morgan fingerprint density at radius 1 is 1.11 bits per heavy atom. The maximum absolute atomic E-state index is 12.6. The number of carbonyl (C=O) groups excluding carboxylic acids is 1. The van der Waals surface area contributed by atoms with Crippen LogP contribution < -0.4 is 5.32 Å². The van der Waals surface area contributed by atoms with E-state index in [1.807, 2.05) is 49.4 Å². The van der Waals surface area contributed by atoms with Crippen LogP contribution in [0.4, 0.5) is 5.69 Å². The molecule has 1 unspecified atom stereocenters. The van der Waals surface area contributed by atoms with Crippen LogP contribution in [-0.2, 0) is 0 Å². The summed E-state index contributed by atoms with van der Waals surface area (Å²) in [6, 6.07) is 14.0. The van der Waals surface area contributed by atoms with Crippen molar-refractivity contribution < 1.29 is 4.79 Å². The number of benzene rings is 2. The highest BCUT2D eigenvalue weighted by Gasteiger charge is 2.28.